The molecule has 0 aliphatic heterocycles. The van der Waals surface area contributed by atoms with Crippen molar-refractivity contribution >= 4 is 10.9 Å². The topological polar surface area (TPSA) is 42.4 Å². The third kappa shape index (κ3) is 2.58. The van der Waals surface area contributed by atoms with Crippen LogP contribution in [0, 0.1) is 12.7 Å². The Bertz CT molecular complexity index is 802. The number of para-hydroxylation sites is 2. The minimum Gasteiger partial charge on any atom is -0.452 e. The Labute approximate surface area is 121 Å². The predicted octanol–water partition coefficient (Wildman–Crippen LogP) is 3.97. The number of aromatic nitrogens is 1. The van der Waals surface area contributed by atoms with Gasteiger partial charge in [0.2, 0.25) is 0 Å². The zero-order chi connectivity index (χ0) is 14.8. The van der Waals surface area contributed by atoms with E-state index in [0.29, 0.717) is 16.8 Å². The molecule has 0 aliphatic carbocycles. The number of aryl methyl sites for hydroxylation is 1. The summed E-state index contributed by atoms with van der Waals surface area (Å²) in [6.07, 6.45) is 0. The molecular weight excluding hydrogens is 269 g/mol. The summed E-state index contributed by atoms with van der Waals surface area (Å²) >= 11 is 0. The Hall–Kier alpha value is -2.46. The van der Waals surface area contributed by atoms with Crippen LogP contribution in [-0.2, 0) is 6.61 Å². The van der Waals surface area contributed by atoms with Gasteiger partial charge in [0.1, 0.15) is 5.52 Å². The Morgan fingerprint density at radius 1 is 1.10 bits per heavy atom. The second-order valence-corrected chi connectivity index (χ2v) is 4.77. The zero-order valence-electron chi connectivity index (χ0n) is 11.5. The van der Waals surface area contributed by atoms with Crippen LogP contribution in [0.25, 0.3) is 10.9 Å². The van der Waals surface area contributed by atoms with E-state index in [1.54, 1.807) is 18.2 Å². The van der Waals surface area contributed by atoms with Crippen LogP contribution in [0.5, 0.6) is 11.5 Å². The lowest BCUT2D eigenvalue weighted by atomic mass is 10.1. The lowest BCUT2D eigenvalue weighted by Crippen LogP contribution is -1.96. The van der Waals surface area contributed by atoms with Gasteiger partial charge in [0, 0.05) is 16.6 Å². The molecule has 0 radical (unpaired) electrons. The molecule has 0 bridgehead atoms. The van der Waals surface area contributed by atoms with Crippen LogP contribution < -0.4 is 4.74 Å². The fraction of sp³-hybridized carbons (Fsp3) is 0.118. The van der Waals surface area contributed by atoms with Gasteiger partial charge in [0.15, 0.2) is 17.3 Å². The van der Waals surface area contributed by atoms with Gasteiger partial charge in [-0.05, 0) is 25.1 Å². The van der Waals surface area contributed by atoms with Crippen LogP contribution in [0.1, 0.15) is 11.3 Å². The van der Waals surface area contributed by atoms with Crippen LogP contribution in [0.15, 0.2) is 48.5 Å². The Kier molecular flexibility index (Phi) is 3.54. The highest BCUT2D eigenvalue weighted by Gasteiger charge is 2.12. The lowest BCUT2D eigenvalue weighted by Gasteiger charge is -2.12. The number of fused-ring (bicyclic) bond motifs is 1. The molecule has 1 N–H and O–H groups in total. The predicted molar refractivity (Wildman–Crippen MR) is 78.9 cm³/mol. The Balaban J connectivity index is 2.13. The number of pyridine rings is 1. The summed E-state index contributed by atoms with van der Waals surface area (Å²) in [6, 6.07) is 13.8. The summed E-state index contributed by atoms with van der Waals surface area (Å²) in [5.41, 5.74) is 1.93. The molecule has 0 saturated carbocycles. The van der Waals surface area contributed by atoms with Gasteiger partial charge in [-0.2, -0.15) is 0 Å². The van der Waals surface area contributed by atoms with Crippen molar-refractivity contribution in [3.8, 4) is 11.5 Å². The number of hydrogen-bond donors (Lipinski definition) is 1. The lowest BCUT2D eigenvalue weighted by molar-refractivity contribution is 0.274. The second kappa shape index (κ2) is 5.50. The fourth-order valence-corrected chi connectivity index (χ4v) is 2.20. The molecule has 0 saturated heterocycles. The zero-order valence-corrected chi connectivity index (χ0v) is 11.5. The summed E-state index contributed by atoms with van der Waals surface area (Å²) in [5.74, 6) is -0.00184. The van der Waals surface area contributed by atoms with Gasteiger partial charge < -0.3 is 9.84 Å². The molecule has 4 heteroatoms. The summed E-state index contributed by atoms with van der Waals surface area (Å²) < 4.78 is 19.6. The van der Waals surface area contributed by atoms with Crippen molar-refractivity contribution in [2.24, 2.45) is 0 Å². The summed E-state index contributed by atoms with van der Waals surface area (Å²) in [4.78, 5) is 4.45. The second-order valence-electron chi connectivity index (χ2n) is 4.77. The van der Waals surface area contributed by atoms with E-state index in [1.807, 2.05) is 31.2 Å². The van der Waals surface area contributed by atoms with Gasteiger partial charge in [0.05, 0.1) is 6.61 Å². The van der Waals surface area contributed by atoms with Crippen molar-refractivity contribution in [1.82, 2.24) is 4.98 Å². The van der Waals surface area contributed by atoms with Gasteiger partial charge in [-0.15, -0.1) is 0 Å². The highest BCUT2D eigenvalue weighted by molar-refractivity contribution is 5.84. The highest BCUT2D eigenvalue weighted by atomic mass is 19.1. The summed E-state index contributed by atoms with van der Waals surface area (Å²) in [6.45, 7) is 1.60. The molecule has 106 valence electrons. The van der Waals surface area contributed by atoms with E-state index in [4.69, 9.17) is 4.74 Å². The molecular formula is C17H14FNO2. The molecule has 0 amide bonds. The average Bonchev–Trinajstić information content (AvgIpc) is 2.49. The van der Waals surface area contributed by atoms with Gasteiger partial charge in [-0.3, -0.25) is 0 Å². The minimum absolute atomic E-state index is 0.0378. The first-order valence-corrected chi connectivity index (χ1v) is 6.61. The summed E-state index contributed by atoms with van der Waals surface area (Å²) in [5, 5.41) is 10.2. The van der Waals surface area contributed by atoms with E-state index >= 15 is 0 Å². The van der Waals surface area contributed by atoms with Crippen LogP contribution >= 0.6 is 0 Å². The molecule has 3 aromatic rings. The number of benzene rings is 2. The quantitative estimate of drug-likeness (QED) is 0.791. The molecule has 0 fully saturated rings. The van der Waals surface area contributed by atoms with Crippen molar-refractivity contribution in [2.45, 2.75) is 13.5 Å². The third-order valence-corrected chi connectivity index (χ3v) is 3.25. The third-order valence-electron chi connectivity index (χ3n) is 3.25. The van der Waals surface area contributed by atoms with Crippen molar-refractivity contribution < 1.29 is 14.2 Å². The maximum atomic E-state index is 13.9. The minimum atomic E-state index is -0.508. The first-order chi connectivity index (χ1) is 10.2. The number of rotatable bonds is 3. The molecule has 0 atom stereocenters. The average molecular weight is 283 g/mol. The first kappa shape index (κ1) is 13.5. The molecule has 3 nitrogen and oxygen atoms in total. The number of ether oxygens (including phenoxy) is 1. The Morgan fingerprint density at radius 3 is 2.71 bits per heavy atom. The van der Waals surface area contributed by atoms with E-state index in [9.17, 15) is 9.50 Å². The SMILES string of the molecule is Cc1ccc2cccc(Oc3c(F)cccc3CO)c2n1. The smallest absolute Gasteiger partial charge is 0.168 e. The van der Waals surface area contributed by atoms with E-state index in [0.717, 1.165) is 11.1 Å². The van der Waals surface area contributed by atoms with E-state index in [1.165, 1.54) is 6.07 Å². The molecule has 3 rings (SSSR count). The van der Waals surface area contributed by atoms with Crippen molar-refractivity contribution in [1.29, 1.82) is 0 Å². The molecule has 0 unspecified atom stereocenters. The Morgan fingerprint density at radius 2 is 1.90 bits per heavy atom. The maximum Gasteiger partial charge on any atom is 0.168 e. The van der Waals surface area contributed by atoms with E-state index in [2.05, 4.69) is 4.98 Å². The fourth-order valence-electron chi connectivity index (χ4n) is 2.20. The van der Waals surface area contributed by atoms with Crippen molar-refractivity contribution in [3.05, 3.63) is 65.6 Å². The normalized spacial score (nSPS) is 10.8. The van der Waals surface area contributed by atoms with Crippen LogP contribution in [0.2, 0.25) is 0 Å². The summed E-state index contributed by atoms with van der Waals surface area (Å²) in [7, 11) is 0. The molecule has 0 spiro atoms. The molecule has 0 aliphatic rings. The first-order valence-electron chi connectivity index (χ1n) is 6.61. The standard InChI is InChI=1S/C17H14FNO2/c1-11-8-9-12-4-3-7-15(16(12)19-11)21-17-13(10-20)5-2-6-14(17)18/h2-9,20H,10H2,1H3. The number of aliphatic hydroxyl groups is 1. The van der Waals surface area contributed by atoms with Crippen LogP contribution in [-0.4, -0.2) is 10.1 Å². The van der Waals surface area contributed by atoms with E-state index in [-0.39, 0.29) is 12.4 Å². The van der Waals surface area contributed by atoms with E-state index < -0.39 is 5.82 Å². The molecule has 1 aromatic heterocycles. The van der Waals surface area contributed by atoms with Gasteiger partial charge in [-0.1, -0.05) is 30.3 Å². The van der Waals surface area contributed by atoms with Crippen LogP contribution in [0.3, 0.4) is 0 Å². The van der Waals surface area contributed by atoms with Gasteiger partial charge in [0.25, 0.3) is 0 Å². The number of aliphatic hydroxyl groups excluding tert-OH is 1. The number of hydrogen-bond acceptors (Lipinski definition) is 3. The molecule has 2 aromatic carbocycles. The largest absolute Gasteiger partial charge is 0.452 e. The maximum absolute atomic E-state index is 13.9. The molecule has 21 heavy (non-hydrogen) atoms. The van der Waals surface area contributed by atoms with Gasteiger partial charge >= 0.3 is 0 Å². The molecule has 1 heterocycles. The van der Waals surface area contributed by atoms with Crippen LogP contribution in [0.4, 0.5) is 4.39 Å². The monoisotopic (exact) mass is 283 g/mol. The van der Waals surface area contributed by atoms with Gasteiger partial charge in [-0.25, -0.2) is 9.37 Å². The van der Waals surface area contributed by atoms with Crippen molar-refractivity contribution in [3.63, 3.8) is 0 Å². The number of halogens is 1. The van der Waals surface area contributed by atoms with Crippen molar-refractivity contribution in [2.75, 3.05) is 0 Å². The highest BCUT2D eigenvalue weighted by Crippen LogP contribution is 2.32. The number of nitrogens with zero attached hydrogens (tertiary/aromatic N) is 1.